The number of ether oxygens (including phenoxy) is 1. The van der Waals surface area contributed by atoms with Crippen LogP contribution < -0.4 is 5.32 Å². The van der Waals surface area contributed by atoms with Gasteiger partial charge in [0.05, 0.1) is 12.1 Å². The van der Waals surface area contributed by atoms with Gasteiger partial charge < -0.3 is 15.0 Å². The van der Waals surface area contributed by atoms with E-state index in [0.29, 0.717) is 24.5 Å². The molecule has 1 aromatic rings. The van der Waals surface area contributed by atoms with Crippen molar-refractivity contribution in [2.45, 2.75) is 51.8 Å². The first kappa shape index (κ1) is 17.4. The molecule has 2 fully saturated rings. The monoisotopic (exact) mass is 330 g/mol. The summed E-state index contributed by atoms with van der Waals surface area (Å²) in [5.74, 6) is 0.755. The van der Waals surface area contributed by atoms with Crippen LogP contribution in [0, 0.1) is 11.3 Å². The number of rotatable bonds is 6. The predicted molar refractivity (Wildman–Crippen MR) is 95.7 cm³/mol. The van der Waals surface area contributed by atoms with Gasteiger partial charge in [0.2, 0.25) is 5.91 Å². The highest BCUT2D eigenvalue weighted by molar-refractivity contribution is 5.76. The van der Waals surface area contributed by atoms with Crippen molar-refractivity contribution in [3.8, 4) is 0 Å². The molecule has 2 aliphatic rings. The fourth-order valence-electron chi connectivity index (χ4n) is 4.75. The van der Waals surface area contributed by atoms with Crippen molar-refractivity contribution >= 4 is 5.91 Å². The van der Waals surface area contributed by atoms with Gasteiger partial charge in [-0.2, -0.15) is 0 Å². The van der Waals surface area contributed by atoms with Gasteiger partial charge in [-0.05, 0) is 26.0 Å². The Kier molecular flexibility index (Phi) is 4.97. The molecule has 0 aromatic heterocycles. The molecule has 4 atom stereocenters. The van der Waals surface area contributed by atoms with Crippen molar-refractivity contribution in [3.05, 3.63) is 35.9 Å². The van der Waals surface area contributed by atoms with Crippen molar-refractivity contribution < 1.29 is 9.53 Å². The van der Waals surface area contributed by atoms with E-state index in [1.807, 2.05) is 37.3 Å². The van der Waals surface area contributed by atoms with Gasteiger partial charge in [-0.25, -0.2) is 0 Å². The van der Waals surface area contributed by atoms with Gasteiger partial charge in [0.1, 0.15) is 0 Å². The third-order valence-electron chi connectivity index (χ3n) is 5.88. The highest BCUT2D eigenvalue weighted by Gasteiger charge is 2.60. The smallest absolute Gasteiger partial charge is 0.221 e. The molecule has 1 amide bonds. The van der Waals surface area contributed by atoms with Gasteiger partial charge >= 0.3 is 0 Å². The number of hydrogen-bond acceptors (Lipinski definition) is 3. The van der Waals surface area contributed by atoms with E-state index in [2.05, 4.69) is 31.1 Å². The molecule has 24 heavy (non-hydrogen) atoms. The number of amides is 1. The number of hydrogen-bond donors (Lipinski definition) is 1. The quantitative estimate of drug-likeness (QED) is 0.872. The molecule has 0 unspecified atom stereocenters. The van der Waals surface area contributed by atoms with E-state index in [-0.39, 0.29) is 17.4 Å². The van der Waals surface area contributed by atoms with Crippen LogP contribution >= 0.6 is 0 Å². The van der Waals surface area contributed by atoms with E-state index in [1.165, 1.54) is 0 Å². The third-order valence-corrected chi connectivity index (χ3v) is 5.88. The van der Waals surface area contributed by atoms with Gasteiger partial charge in [-0.3, -0.25) is 4.79 Å². The largest absolute Gasteiger partial charge is 0.377 e. The second kappa shape index (κ2) is 6.85. The summed E-state index contributed by atoms with van der Waals surface area (Å²) in [7, 11) is 2.15. The Morgan fingerprint density at radius 2 is 2.08 bits per heavy atom. The number of fused-ring (bicyclic) bond motifs is 1. The van der Waals surface area contributed by atoms with Crippen molar-refractivity contribution in [3.63, 3.8) is 0 Å². The average molecular weight is 330 g/mol. The van der Waals surface area contributed by atoms with Gasteiger partial charge in [0.25, 0.3) is 0 Å². The van der Waals surface area contributed by atoms with Crippen LogP contribution in [0.2, 0.25) is 0 Å². The second-order valence-electron chi connectivity index (χ2n) is 7.94. The molecule has 1 aliphatic heterocycles. The molecule has 0 radical (unpaired) electrons. The summed E-state index contributed by atoms with van der Waals surface area (Å²) in [6.07, 6.45) is 2.09. The maximum Gasteiger partial charge on any atom is 0.221 e. The van der Waals surface area contributed by atoms with E-state index in [9.17, 15) is 4.79 Å². The SMILES string of the molecule is C[C@H](NC(=O)CCN(C)[C@@H]1[C@@H]2CCO[C@@H]2C1(C)C)c1ccccc1. The molecule has 1 saturated carbocycles. The predicted octanol–water partition coefficient (Wildman–Crippen LogP) is 3.00. The van der Waals surface area contributed by atoms with E-state index in [1.54, 1.807) is 0 Å². The van der Waals surface area contributed by atoms with E-state index in [0.717, 1.165) is 25.1 Å². The van der Waals surface area contributed by atoms with Gasteiger partial charge in [-0.1, -0.05) is 44.2 Å². The number of carbonyl (C=O) groups excluding carboxylic acids is 1. The Morgan fingerprint density at radius 1 is 1.38 bits per heavy atom. The molecule has 0 bridgehead atoms. The molecule has 1 saturated heterocycles. The highest BCUT2D eigenvalue weighted by Crippen LogP contribution is 2.54. The summed E-state index contributed by atoms with van der Waals surface area (Å²) in [6.45, 7) is 8.30. The zero-order chi connectivity index (χ0) is 17.3. The maximum atomic E-state index is 12.3. The lowest BCUT2D eigenvalue weighted by atomic mass is 9.57. The Balaban J connectivity index is 1.48. The molecule has 4 heteroatoms. The van der Waals surface area contributed by atoms with Crippen LogP contribution in [0.3, 0.4) is 0 Å². The molecule has 132 valence electrons. The lowest BCUT2D eigenvalue weighted by Gasteiger charge is -2.58. The van der Waals surface area contributed by atoms with E-state index in [4.69, 9.17) is 4.74 Å². The Morgan fingerprint density at radius 3 is 2.79 bits per heavy atom. The van der Waals surface area contributed by atoms with Crippen LogP contribution in [0.1, 0.15) is 45.2 Å². The first-order chi connectivity index (χ1) is 11.4. The minimum absolute atomic E-state index is 0.0526. The normalized spacial score (nSPS) is 29.0. The molecule has 1 aliphatic carbocycles. The second-order valence-corrected chi connectivity index (χ2v) is 7.94. The molecule has 1 aromatic carbocycles. The molecule has 1 N–H and O–H groups in total. The number of carbonyl (C=O) groups is 1. The Hall–Kier alpha value is -1.39. The fourth-order valence-corrected chi connectivity index (χ4v) is 4.75. The Bertz CT molecular complexity index is 572. The lowest BCUT2D eigenvalue weighted by molar-refractivity contribution is -0.150. The van der Waals surface area contributed by atoms with Crippen LogP contribution in [-0.4, -0.2) is 43.2 Å². The first-order valence-corrected chi connectivity index (χ1v) is 9.07. The maximum absolute atomic E-state index is 12.3. The first-order valence-electron chi connectivity index (χ1n) is 9.07. The summed E-state index contributed by atoms with van der Waals surface area (Å²) >= 11 is 0. The minimum atomic E-state index is 0.0526. The topological polar surface area (TPSA) is 41.6 Å². The van der Waals surface area contributed by atoms with E-state index < -0.39 is 0 Å². The highest BCUT2D eigenvalue weighted by atomic mass is 16.5. The average Bonchev–Trinajstić information content (AvgIpc) is 3.00. The number of nitrogens with zero attached hydrogens (tertiary/aromatic N) is 1. The summed E-state index contributed by atoms with van der Waals surface area (Å²) in [5.41, 5.74) is 1.33. The lowest BCUT2D eigenvalue weighted by Crippen LogP contribution is -2.66. The summed E-state index contributed by atoms with van der Waals surface area (Å²) in [6, 6.07) is 10.7. The molecule has 0 spiro atoms. The van der Waals surface area contributed by atoms with Gasteiger partial charge in [0, 0.05) is 36.9 Å². The Labute approximate surface area is 145 Å². The van der Waals surface area contributed by atoms with Crippen molar-refractivity contribution in [1.29, 1.82) is 0 Å². The van der Waals surface area contributed by atoms with Crippen molar-refractivity contribution in [2.24, 2.45) is 11.3 Å². The fraction of sp³-hybridized carbons (Fsp3) is 0.650. The van der Waals surface area contributed by atoms with Gasteiger partial charge in [0.15, 0.2) is 0 Å². The molecule has 1 heterocycles. The van der Waals surface area contributed by atoms with Gasteiger partial charge in [-0.15, -0.1) is 0 Å². The molecular weight excluding hydrogens is 300 g/mol. The van der Waals surface area contributed by atoms with Crippen LogP contribution in [0.5, 0.6) is 0 Å². The zero-order valence-corrected chi connectivity index (χ0v) is 15.3. The van der Waals surface area contributed by atoms with Crippen LogP contribution in [-0.2, 0) is 9.53 Å². The molecule has 3 rings (SSSR count). The minimum Gasteiger partial charge on any atom is -0.377 e. The third kappa shape index (κ3) is 3.22. The van der Waals surface area contributed by atoms with Crippen LogP contribution in [0.4, 0.5) is 0 Å². The van der Waals surface area contributed by atoms with Crippen molar-refractivity contribution in [2.75, 3.05) is 20.2 Å². The van der Waals surface area contributed by atoms with Crippen LogP contribution in [0.15, 0.2) is 30.3 Å². The molecule has 4 nitrogen and oxygen atoms in total. The zero-order valence-electron chi connectivity index (χ0n) is 15.3. The number of benzene rings is 1. The standard InChI is InChI=1S/C20H30N2O2/c1-14(15-8-6-5-7-9-15)21-17(23)10-12-22(4)18-16-11-13-24-19(16)20(18,2)3/h5-9,14,16,18-19H,10-13H2,1-4H3,(H,21,23)/t14-,16-,18+,19-/m0/s1. The summed E-state index contributed by atoms with van der Waals surface area (Å²) in [4.78, 5) is 14.7. The van der Waals surface area contributed by atoms with Crippen LogP contribution in [0.25, 0.3) is 0 Å². The van der Waals surface area contributed by atoms with E-state index >= 15 is 0 Å². The summed E-state index contributed by atoms with van der Waals surface area (Å²) < 4.78 is 5.87. The summed E-state index contributed by atoms with van der Waals surface area (Å²) in [5, 5.41) is 3.10. The molecular formula is C20H30N2O2. The van der Waals surface area contributed by atoms with Crippen molar-refractivity contribution in [1.82, 2.24) is 10.2 Å². The number of nitrogens with one attached hydrogen (secondary N) is 1.